The molecule has 0 aliphatic heterocycles. The van der Waals surface area contributed by atoms with Crippen LogP contribution in [0.25, 0.3) is 0 Å². The number of halogens is 1. The Balaban J connectivity index is 2.76. The Morgan fingerprint density at radius 2 is 2.24 bits per heavy atom. The predicted molar refractivity (Wildman–Crippen MR) is 63.9 cm³/mol. The highest BCUT2D eigenvalue weighted by Gasteiger charge is 2.10. The lowest BCUT2D eigenvalue weighted by atomic mass is 10.1. The molecule has 0 heterocycles. The van der Waals surface area contributed by atoms with E-state index in [-0.39, 0.29) is 5.56 Å². The molecule has 3 nitrogen and oxygen atoms in total. The molecule has 0 bridgehead atoms. The number of hydrogen-bond donors (Lipinski definition) is 0. The average Bonchev–Trinajstić information content (AvgIpc) is 2.36. The minimum absolute atomic E-state index is 0.102. The van der Waals surface area contributed by atoms with Crippen LogP contribution in [0.2, 0.25) is 0 Å². The van der Waals surface area contributed by atoms with Crippen molar-refractivity contribution in [1.82, 2.24) is 4.90 Å². The molecule has 0 spiro atoms. The molecule has 0 amide bonds. The first-order chi connectivity index (χ1) is 8.22. The molecule has 1 rings (SSSR count). The van der Waals surface area contributed by atoms with E-state index < -0.39 is 5.82 Å². The topological polar surface area (TPSA) is 36.3 Å². The van der Waals surface area contributed by atoms with Crippen molar-refractivity contribution in [2.75, 3.05) is 26.8 Å². The Bertz CT molecular complexity index is 401. The molecule has 0 saturated heterocycles. The van der Waals surface area contributed by atoms with E-state index in [1.54, 1.807) is 19.2 Å². The number of ether oxygens (including phenoxy) is 1. The Kier molecular flexibility index (Phi) is 5.61. The highest BCUT2D eigenvalue weighted by atomic mass is 19.1. The van der Waals surface area contributed by atoms with Gasteiger partial charge < -0.3 is 4.74 Å². The van der Waals surface area contributed by atoms with Crippen LogP contribution >= 0.6 is 0 Å². The minimum Gasteiger partial charge on any atom is -0.383 e. The molecule has 92 valence electrons. The fraction of sp³-hybridized carbons (Fsp3) is 0.462. The van der Waals surface area contributed by atoms with Gasteiger partial charge in [-0.25, -0.2) is 4.39 Å². The summed E-state index contributed by atoms with van der Waals surface area (Å²) < 4.78 is 18.8. The maximum absolute atomic E-state index is 13.8. The zero-order chi connectivity index (χ0) is 12.7. The second-order valence-corrected chi connectivity index (χ2v) is 3.75. The summed E-state index contributed by atoms with van der Waals surface area (Å²) >= 11 is 0. The van der Waals surface area contributed by atoms with Crippen molar-refractivity contribution >= 4 is 0 Å². The molecule has 17 heavy (non-hydrogen) atoms. The molecule has 0 saturated carbocycles. The fourth-order valence-electron chi connectivity index (χ4n) is 1.60. The van der Waals surface area contributed by atoms with Gasteiger partial charge in [0.05, 0.1) is 12.2 Å². The van der Waals surface area contributed by atoms with Crippen LogP contribution in [0.15, 0.2) is 18.2 Å². The molecular formula is C13H17FN2O. The van der Waals surface area contributed by atoms with Crippen LogP contribution < -0.4 is 0 Å². The van der Waals surface area contributed by atoms with Gasteiger partial charge in [-0.15, -0.1) is 0 Å². The smallest absolute Gasteiger partial charge is 0.145 e. The summed E-state index contributed by atoms with van der Waals surface area (Å²) in [6, 6.07) is 6.77. The zero-order valence-corrected chi connectivity index (χ0v) is 10.2. The number of benzene rings is 1. The number of nitrogens with zero attached hydrogens (tertiary/aromatic N) is 2. The molecule has 0 atom stereocenters. The highest BCUT2D eigenvalue weighted by molar-refractivity contribution is 5.34. The quantitative estimate of drug-likeness (QED) is 0.759. The largest absolute Gasteiger partial charge is 0.383 e. The Hall–Kier alpha value is -1.44. The van der Waals surface area contributed by atoms with Crippen LogP contribution in [-0.4, -0.2) is 31.7 Å². The van der Waals surface area contributed by atoms with Gasteiger partial charge >= 0.3 is 0 Å². The van der Waals surface area contributed by atoms with Crippen molar-refractivity contribution < 1.29 is 9.13 Å². The van der Waals surface area contributed by atoms with Gasteiger partial charge in [0.1, 0.15) is 11.9 Å². The summed E-state index contributed by atoms with van der Waals surface area (Å²) in [7, 11) is 1.64. The molecular weight excluding hydrogens is 219 g/mol. The summed E-state index contributed by atoms with van der Waals surface area (Å²) in [5, 5.41) is 8.75. The van der Waals surface area contributed by atoms with Gasteiger partial charge in [-0.2, -0.15) is 5.26 Å². The summed E-state index contributed by atoms with van der Waals surface area (Å²) in [5.74, 6) is -0.411. The Morgan fingerprint density at radius 1 is 1.47 bits per heavy atom. The molecule has 0 aromatic heterocycles. The Labute approximate surface area is 101 Å². The van der Waals surface area contributed by atoms with Gasteiger partial charge in [-0.3, -0.25) is 4.90 Å². The highest BCUT2D eigenvalue weighted by Crippen LogP contribution is 2.14. The number of hydrogen-bond acceptors (Lipinski definition) is 3. The molecule has 1 aromatic carbocycles. The normalized spacial score (nSPS) is 10.5. The second-order valence-electron chi connectivity index (χ2n) is 3.75. The Morgan fingerprint density at radius 3 is 2.82 bits per heavy atom. The summed E-state index contributed by atoms with van der Waals surface area (Å²) in [4.78, 5) is 2.07. The van der Waals surface area contributed by atoms with Gasteiger partial charge in [0, 0.05) is 25.8 Å². The van der Waals surface area contributed by atoms with E-state index >= 15 is 0 Å². The standard InChI is InChI=1S/C13H17FN2O/c1-3-16(7-8-17-2)10-12-6-4-5-11(9-15)13(12)14/h4-6H,3,7-8,10H2,1-2H3. The van der Waals surface area contributed by atoms with Crippen LogP contribution in [0.4, 0.5) is 4.39 Å². The van der Waals surface area contributed by atoms with E-state index in [4.69, 9.17) is 10.00 Å². The van der Waals surface area contributed by atoms with Crippen molar-refractivity contribution in [3.8, 4) is 6.07 Å². The molecule has 1 aromatic rings. The first-order valence-electron chi connectivity index (χ1n) is 5.61. The lowest BCUT2D eigenvalue weighted by molar-refractivity contribution is 0.147. The fourth-order valence-corrected chi connectivity index (χ4v) is 1.60. The van der Waals surface area contributed by atoms with Crippen LogP contribution in [0.3, 0.4) is 0 Å². The van der Waals surface area contributed by atoms with Crippen LogP contribution in [0, 0.1) is 17.1 Å². The summed E-state index contributed by atoms with van der Waals surface area (Å²) in [6.45, 7) is 4.71. The third-order valence-corrected chi connectivity index (χ3v) is 2.65. The second kappa shape index (κ2) is 7.00. The van der Waals surface area contributed by atoms with Gasteiger partial charge in [-0.05, 0) is 12.6 Å². The average molecular weight is 236 g/mol. The molecule has 0 radical (unpaired) electrons. The van der Waals surface area contributed by atoms with Gasteiger partial charge in [0.2, 0.25) is 0 Å². The van der Waals surface area contributed by atoms with Gasteiger partial charge in [0.25, 0.3) is 0 Å². The molecule has 0 unspecified atom stereocenters. The first-order valence-corrected chi connectivity index (χ1v) is 5.61. The van der Waals surface area contributed by atoms with Crippen molar-refractivity contribution in [3.63, 3.8) is 0 Å². The maximum Gasteiger partial charge on any atom is 0.145 e. The van der Waals surface area contributed by atoms with Gasteiger partial charge in [-0.1, -0.05) is 19.1 Å². The minimum atomic E-state index is -0.411. The van der Waals surface area contributed by atoms with E-state index in [2.05, 4.69) is 4.90 Å². The predicted octanol–water partition coefficient (Wildman–Crippen LogP) is 2.17. The number of rotatable bonds is 6. The lowest BCUT2D eigenvalue weighted by Gasteiger charge is -2.20. The van der Waals surface area contributed by atoms with E-state index in [0.29, 0.717) is 18.7 Å². The molecule has 0 aliphatic rings. The third kappa shape index (κ3) is 3.81. The monoisotopic (exact) mass is 236 g/mol. The van der Waals surface area contributed by atoms with E-state index in [9.17, 15) is 4.39 Å². The molecule has 0 aliphatic carbocycles. The SMILES string of the molecule is CCN(CCOC)Cc1cccc(C#N)c1F. The van der Waals surface area contributed by atoms with Crippen molar-refractivity contribution in [1.29, 1.82) is 5.26 Å². The number of likely N-dealkylation sites (N-methyl/N-ethyl adjacent to an activating group) is 1. The van der Waals surface area contributed by atoms with E-state index in [1.165, 1.54) is 6.07 Å². The van der Waals surface area contributed by atoms with Crippen LogP contribution in [-0.2, 0) is 11.3 Å². The molecule has 0 N–H and O–H groups in total. The van der Waals surface area contributed by atoms with Crippen molar-refractivity contribution in [2.24, 2.45) is 0 Å². The molecule has 0 fully saturated rings. The number of methoxy groups -OCH3 is 1. The summed E-state index contributed by atoms with van der Waals surface area (Å²) in [5.41, 5.74) is 0.660. The van der Waals surface area contributed by atoms with E-state index in [1.807, 2.05) is 13.0 Å². The van der Waals surface area contributed by atoms with Crippen molar-refractivity contribution in [2.45, 2.75) is 13.5 Å². The number of nitriles is 1. The molecule has 4 heteroatoms. The maximum atomic E-state index is 13.8. The van der Waals surface area contributed by atoms with E-state index in [0.717, 1.165) is 13.1 Å². The van der Waals surface area contributed by atoms with Crippen molar-refractivity contribution in [3.05, 3.63) is 35.1 Å². The summed E-state index contributed by atoms with van der Waals surface area (Å²) in [6.07, 6.45) is 0. The first kappa shape index (κ1) is 13.6. The third-order valence-electron chi connectivity index (χ3n) is 2.65. The van der Waals surface area contributed by atoms with Gasteiger partial charge in [0.15, 0.2) is 0 Å². The van der Waals surface area contributed by atoms with Crippen LogP contribution in [0.5, 0.6) is 0 Å². The van der Waals surface area contributed by atoms with Crippen LogP contribution in [0.1, 0.15) is 18.1 Å². The lowest BCUT2D eigenvalue weighted by Crippen LogP contribution is -2.27. The zero-order valence-electron chi connectivity index (χ0n) is 10.2.